The van der Waals surface area contributed by atoms with Crippen LogP contribution in [-0.2, 0) is 25.4 Å². The van der Waals surface area contributed by atoms with Crippen molar-refractivity contribution in [2.45, 2.75) is 45.7 Å². The fraction of sp³-hybridized carbons (Fsp3) is 0.409. The molecular weight excluding hydrogens is 481 g/mol. The topological polar surface area (TPSA) is 156 Å². The summed E-state index contributed by atoms with van der Waals surface area (Å²) in [5, 5.41) is 16.4. The van der Waals surface area contributed by atoms with E-state index in [0.29, 0.717) is 10.2 Å². The number of benzene rings is 1. The standard InChI is InChI=1S/C22H30N3O7PS/c1-14(2)11-19(25(33(30,31)32)13-23-15(3)26)21(27)24-18(22(28)29)12-16-6-8-17(9-7-16)20-5-4-10-34-20/h4-10,14,18-19H,11-13H2,1-3H3,(H,23,26)(H,24,27)(H,28,29)(H2,30,31,32). The second kappa shape index (κ2) is 12.2. The molecule has 2 aromatic rings. The predicted octanol–water partition coefficient (Wildman–Crippen LogP) is 2.43. The first-order valence-corrected chi connectivity index (χ1v) is 13.1. The summed E-state index contributed by atoms with van der Waals surface area (Å²) in [5.41, 5.74) is 1.67. The van der Waals surface area contributed by atoms with Gasteiger partial charge in [0.15, 0.2) is 0 Å². The second-order valence-corrected chi connectivity index (χ2v) is 10.8. The normalized spacial score (nSPS) is 13.5. The molecule has 0 spiro atoms. The molecule has 0 aliphatic rings. The maximum Gasteiger partial charge on any atom is 0.405 e. The van der Waals surface area contributed by atoms with Crippen molar-refractivity contribution in [3.63, 3.8) is 0 Å². The number of carbonyl (C=O) groups is 3. The van der Waals surface area contributed by atoms with E-state index in [9.17, 15) is 33.8 Å². The molecule has 0 fully saturated rings. The molecule has 1 heterocycles. The molecule has 0 saturated carbocycles. The number of carbonyl (C=O) groups excluding carboxylic acids is 2. The van der Waals surface area contributed by atoms with E-state index in [1.807, 2.05) is 29.6 Å². The van der Waals surface area contributed by atoms with E-state index >= 15 is 0 Å². The van der Waals surface area contributed by atoms with E-state index in [1.54, 1.807) is 37.3 Å². The van der Waals surface area contributed by atoms with Crippen LogP contribution in [0.2, 0.25) is 0 Å². The highest BCUT2D eigenvalue weighted by Gasteiger charge is 2.38. The van der Waals surface area contributed by atoms with Gasteiger partial charge in [-0.05, 0) is 34.9 Å². The molecule has 0 bridgehead atoms. The highest BCUT2D eigenvalue weighted by Crippen LogP contribution is 2.42. The van der Waals surface area contributed by atoms with Crippen LogP contribution in [-0.4, -0.2) is 56.1 Å². The van der Waals surface area contributed by atoms with Crippen LogP contribution in [0.3, 0.4) is 0 Å². The number of carboxylic acids is 1. The summed E-state index contributed by atoms with van der Waals surface area (Å²) in [6.45, 7) is 4.15. The van der Waals surface area contributed by atoms with Crippen LogP contribution in [0, 0.1) is 5.92 Å². The zero-order valence-electron chi connectivity index (χ0n) is 19.2. The summed E-state index contributed by atoms with van der Waals surface area (Å²) in [5.74, 6) is -2.79. The highest BCUT2D eigenvalue weighted by molar-refractivity contribution is 7.49. The number of hydrogen-bond acceptors (Lipinski definition) is 5. The summed E-state index contributed by atoms with van der Waals surface area (Å²) in [6, 6.07) is 8.54. The molecule has 10 nitrogen and oxygen atoms in total. The molecule has 1 aromatic heterocycles. The third kappa shape index (κ3) is 8.34. The van der Waals surface area contributed by atoms with Crippen molar-refractivity contribution in [2.75, 3.05) is 6.67 Å². The van der Waals surface area contributed by atoms with Crippen molar-refractivity contribution in [1.82, 2.24) is 15.3 Å². The number of aliphatic carboxylic acids is 1. The Hall–Kier alpha value is -2.56. The Kier molecular flexibility index (Phi) is 9.96. The lowest BCUT2D eigenvalue weighted by atomic mass is 10.0. The van der Waals surface area contributed by atoms with Gasteiger partial charge in [0.05, 0.1) is 6.67 Å². The molecule has 186 valence electrons. The molecule has 2 rings (SSSR count). The van der Waals surface area contributed by atoms with Gasteiger partial charge in [0, 0.05) is 18.2 Å². The van der Waals surface area contributed by atoms with Crippen LogP contribution in [0.15, 0.2) is 41.8 Å². The Labute approximate surface area is 202 Å². The predicted molar refractivity (Wildman–Crippen MR) is 129 cm³/mol. The van der Waals surface area contributed by atoms with Crippen LogP contribution >= 0.6 is 19.1 Å². The fourth-order valence-electron chi connectivity index (χ4n) is 3.34. The molecule has 0 saturated heterocycles. The number of thiophene rings is 1. The number of hydrogen-bond donors (Lipinski definition) is 5. The van der Waals surface area contributed by atoms with Gasteiger partial charge in [0.25, 0.3) is 0 Å². The first-order valence-electron chi connectivity index (χ1n) is 10.6. The zero-order chi connectivity index (χ0) is 25.5. The number of nitrogens with zero attached hydrogens (tertiary/aromatic N) is 1. The minimum atomic E-state index is -4.95. The van der Waals surface area contributed by atoms with Gasteiger partial charge in [-0.25, -0.2) is 9.36 Å². The average molecular weight is 512 g/mol. The molecular formula is C22H30N3O7PS. The van der Waals surface area contributed by atoms with Gasteiger partial charge < -0.3 is 25.5 Å². The van der Waals surface area contributed by atoms with Gasteiger partial charge in [-0.2, -0.15) is 4.67 Å². The van der Waals surface area contributed by atoms with Gasteiger partial charge in [0.1, 0.15) is 12.1 Å². The lowest BCUT2D eigenvalue weighted by molar-refractivity contribution is -0.142. The number of nitrogens with one attached hydrogen (secondary N) is 2. The molecule has 2 unspecified atom stereocenters. The van der Waals surface area contributed by atoms with E-state index in [-0.39, 0.29) is 18.8 Å². The number of rotatable bonds is 12. The van der Waals surface area contributed by atoms with Crippen LogP contribution < -0.4 is 10.6 Å². The fourth-order valence-corrected chi connectivity index (χ4v) is 4.89. The van der Waals surface area contributed by atoms with Crippen molar-refractivity contribution in [2.24, 2.45) is 5.92 Å². The monoisotopic (exact) mass is 511 g/mol. The number of carboxylic acid groups (broad SMARTS) is 1. The quantitative estimate of drug-likeness (QED) is 0.215. The SMILES string of the molecule is CC(=O)NCN(C(CC(C)C)C(=O)NC(Cc1ccc(-c2cccs2)cc1)C(=O)O)P(=O)(O)O. The van der Waals surface area contributed by atoms with Crippen LogP contribution in [0.4, 0.5) is 0 Å². The molecule has 12 heteroatoms. The lowest BCUT2D eigenvalue weighted by Gasteiger charge is -2.32. The summed E-state index contributed by atoms with van der Waals surface area (Å²) < 4.78 is 12.7. The maximum atomic E-state index is 13.1. The van der Waals surface area contributed by atoms with Crippen molar-refractivity contribution < 1.29 is 33.8 Å². The highest BCUT2D eigenvalue weighted by atomic mass is 32.1. The molecule has 1 aromatic carbocycles. The van der Waals surface area contributed by atoms with Gasteiger partial charge in [0.2, 0.25) is 11.8 Å². The Balaban J connectivity index is 2.21. The van der Waals surface area contributed by atoms with Crippen molar-refractivity contribution in [1.29, 1.82) is 0 Å². The maximum absolute atomic E-state index is 13.1. The van der Waals surface area contributed by atoms with Crippen LogP contribution in [0.5, 0.6) is 0 Å². The van der Waals surface area contributed by atoms with Crippen molar-refractivity contribution in [3.05, 3.63) is 47.3 Å². The smallest absolute Gasteiger partial charge is 0.405 e. The summed E-state index contributed by atoms with van der Waals surface area (Å²) in [6.07, 6.45) is 0.0280. The lowest BCUT2D eigenvalue weighted by Crippen LogP contribution is -2.53. The van der Waals surface area contributed by atoms with E-state index in [0.717, 1.165) is 10.4 Å². The summed E-state index contributed by atoms with van der Waals surface area (Å²) >= 11 is 1.58. The first kappa shape index (κ1) is 27.7. The Morgan fingerprint density at radius 3 is 2.24 bits per heavy atom. The minimum Gasteiger partial charge on any atom is -0.480 e. The first-order chi connectivity index (χ1) is 15.9. The van der Waals surface area contributed by atoms with Gasteiger partial charge >= 0.3 is 13.7 Å². The van der Waals surface area contributed by atoms with E-state index in [4.69, 9.17) is 0 Å². The summed E-state index contributed by atoms with van der Waals surface area (Å²) in [4.78, 5) is 56.9. The van der Waals surface area contributed by atoms with Gasteiger partial charge in [-0.15, -0.1) is 11.3 Å². The van der Waals surface area contributed by atoms with E-state index in [1.165, 1.54) is 6.92 Å². The van der Waals surface area contributed by atoms with Gasteiger partial charge in [-0.1, -0.05) is 44.2 Å². The van der Waals surface area contributed by atoms with E-state index < -0.39 is 44.3 Å². The molecule has 0 radical (unpaired) electrons. The molecule has 0 aliphatic heterocycles. The van der Waals surface area contributed by atoms with Crippen LogP contribution in [0.25, 0.3) is 10.4 Å². The van der Waals surface area contributed by atoms with E-state index in [2.05, 4.69) is 10.6 Å². The van der Waals surface area contributed by atoms with Crippen LogP contribution in [0.1, 0.15) is 32.8 Å². The Bertz CT molecular complexity index is 1020. The summed E-state index contributed by atoms with van der Waals surface area (Å²) in [7, 11) is -4.95. The van der Waals surface area contributed by atoms with Crippen molar-refractivity contribution >= 4 is 36.9 Å². The molecule has 5 N–H and O–H groups in total. The Morgan fingerprint density at radius 1 is 1.12 bits per heavy atom. The third-order valence-corrected chi connectivity index (χ3v) is 7.00. The largest absolute Gasteiger partial charge is 0.480 e. The molecule has 0 aliphatic carbocycles. The van der Waals surface area contributed by atoms with Gasteiger partial charge in [-0.3, -0.25) is 9.59 Å². The number of amides is 2. The molecule has 34 heavy (non-hydrogen) atoms. The third-order valence-electron chi connectivity index (χ3n) is 5.00. The molecule has 2 atom stereocenters. The average Bonchev–Trinajstić information content (AvgIpc) is 3.26. The zero-order valence-corrected chi connectivity index (χ0v) is 20.9. The molecule has 2 amide bonds. The minimum absolute atomic E-state index is 0.0121. The Morgan fingerprint density at radius 2 is 1.76 bits per heavy atom. The second-order valence-electron chi connectivity index (χ2n) is 8.27. The van der Waals surface area contributed by atoms with Crippen molar-refractivity contribution in [3.8, 4) is 10.4 Å².